The first-order chi connectivity index (χ1) is 17.4. The molecule has 2 unspecified atom stereocenters. The smallest absolute Gasteiger partial charge is 0.352 e. The number of carbonyl (C=O) groups is 3. The van der Waals surface area contributed by atoms with E-state index in [-0.39, 0.29) is 53.1 Å². The van der Waals surface area contributed by atoms with Crippen molar-refractivity contribution in [2.75, 3.05) is 13.2 Å². The topological polar surface area (TPSA) is 108 Å². The van der Waals surface area contributed by atoms with Crippen molar-refractivity contribution in [3.05, 3.63) is 9.75 Å². The van der Waals surface area contributed by atoms with Gasteiger partial charge in [-0.1, -0.05) is 51.9 Å². The minimum absolute atomic E-state index is 0.182. The molecular weight excluding hydrogens is 484 g/mol. The quantitative estimate of drug-likeness (QED) is 0.165. The molecule has 0 aromatic carbocycles. The maximum atomic E-state index is 12.6. The van der Waals surface area contributed by atoms with E-state index in [9.17, 15) is 14.4 Å². The average Bonchev–Trinajstić information content (AvgIpc) is 3.22. The van der Waals surface area contributed by atoms with Crippen molar-refractivity contribution < 1.29 is 38.4 Å². The van der Waals surface area contributed by atoms with E-state index in [0.717, 1.165) is 56.3 Å². The summed E-state index contributed by atoms with van der Waals surface area (Å²) in [5, 5.41) is 8.83. The number of fused-ring (bicyclic) bond motifs is 1. The van der Waals surface area contributed by atoms with Gasteiger partial charge < -0.3 is 24.1 Å². The summed E-state index contributed by atoms with van der Waals surface area (Å²) in [4.78, 5) is 36.5. The second-order valence-corrected chi connectivity index (χ2v) is 10.1. The highest BCUT2D eigenvalue weighted by Crippen LogP contribution is 2.48. The van der Waals surface area contributed by atoms with Crippen molar-refractivity contribution in [3.8, 4) is 11.5 Å². The molecule has 2 heterocycles. The van der Waals surface area contributed by atoms with Crippen LogP contribution >= 0.6 is 11.3 Å². The van der Waals surface area contributed by atoms with Gasteiger partial charge in [0.05, 0.1) is 13.2 Å². The number of carboxylic acid groups (broad SMARTS) is 1. The van der Waals surface area contributed by atoms with Gasteiger partial charge in [0.2, 0.25) is 0 Å². The summed E-state index contributed by atoms with van der Waals surface area (Å²) >= 11 is 0.996. The summed E-state index contributed by atoms with van der Waals surface area (Å²) in [5.41, 5.74) is 0. The van der Waals surface area contributed by atoms with Crippen LogP contribution in [0.2, 0.25) is 0 Å². The minimum atomic E-state index is -0.771. The molecule has 0 saturated heterocycles. The Balaban J connectivity index is 2.16. The molecule has 0 radical (unpaired) electrons. The summed E-state index contributed by atoms with van der Waals surface area (Å²) in [6, 6.07) is 0. The van der Waals surface area contributed by atoms with E-state index in [1.165, 1.54) is 25.7 Å². The molecule has 1 N–H and O–H groups in total. The lowest BCUT2D eigenvalue weighted by molar-refractivity contribution is -0.137. The number of unbranched alkanes of at least 4 members (excludes halogenated alkanes) is 8. The van der Waals surface area contributed by atoms with Crippen molar-refractivity contribution in [1.82, 2.24) is 0 Å². The summed E-state index contributed by atoms with van der Waals surface area (Å²) in [7, 11) is 0. The number of carboxylic acids is 1. The lowest BCUT2D eigenvalue weighted by Crippen LogP contribution is -2.40. The third kappa shape index (κ3) is 9.30. The van der Waals surface area contributed by atoms with E-state index in [1.807, 2.05) is 0 Å². The molecule has 1 aromatic rings. The fourth-order valence-electron chi connectivity index (χ4n) is 4.32. The predicted octanol–water partition coefficient (Wildman–Crippen LogP) is 6.79. The van der Waals surface area contributed by atoms with Gasteiger partial charge in [-0.05, 0) is 46.0 Å². The number of ether oxygens (including phenoxy) is 4. The summed E-state index contributed by atoms with van der Waals surface area (Å²) in [5.74, 6) is -1.29. The molecule has 0 bridgehead atoms. The van der Waals surface area contributed by atoms with E-state index in [1.54, 1.807) is 13.8 Å². The van der Waals surface area contributed by atoms with Gasteiger partial charge in [0.25, 0.3) is 0 Å². The van der Waals surface area contributed by atoms with Crippen molar-refractivity contribution in [3.63, 3.8) is 0 Å². The Bertz CT molecular complexity index is 834. The van der Waals surface area contributed by atoms with Crippen LogP contribution in [0.4, 0.5) is 0 Å². The average molecular weight is 527 g/mol. The zero-order chi connectivity index (χ0) is 26.3. The third-order valence-corrected chi connectivity index (χ3v) is 7.28. The number of esters is 2. The molecule has 1 aromatic heterocycles. The van der Waals surface area contributed by atoms with Gasteiger partial charge in [-0.2, -0.15) is 0 Å². The Morgan fingerprint density at radius 1 is 0.722 bits per heavy atom. The van der Waals surface area contributed by atoms with Crippen LogP contribution in [-0.4, -0.2) is 48.4 Å². The Labute approximate surface area is 218 Å². The molecule has 0 aliphatic carbocycles. The van der Waals surface area contributed by atoms with Gasteiger partial charge in [-0.3, -0.25) is 4.79 Å². The molecule has 0 spiro atoms. The van der Waals surface area contributed by atoms with Crippen LogP contribution in [0.25, 0.3) is 0 Å². The molecule has 1 aliphatic heterocycles. The van der Waals surface area contributed by atoms with Crippen molar-refractivity contribution >= 4 is 29.2 Å². The van der Waals surface area contributed by atoms with E-state index in [4.69, 9.17) is 24.1 Å². The van der Waals surface area contributed by atoms with E-state index < -0.39 is 17.9 Å². The van der Waals surface area contributed by atoms with E-state index in [0.29, 0.717) is 6.42 Å². The monoisotopic (exact) mass is 526 g/mol. The van der Waals surface area contributed by atoms with Gasteiger partial charge in [-0.25, -0.2) is 9.59 Å². The van der Waals surface area contributed by atoms with Gasteiger partial charge in [0.15, 0.2) is 21.3 Å². The number of thiophene rings is 1. The molecule has 0 fully saturated rings. The second kappa shape index (κ2) is 16.5. The summed E-state index contributed by atoms with van der Waals surface area (Å²) in [6.07, 6.45) is 11.4. The molecule has 2 rings (SSSR count). The fraction of sp³-hybridized carbons (Fsp3) is 0.741. The minimum Gasteiger partial charge on any atom is -0.481 e. The standard InChI is InChI=1S/C27H42O8S/c1-4-7-8-9-10-13-16-19-20(17-14-11-12-15-18-21(28)29)35-23-22(34-19)24(26(30)32-5-2)36-25(23)27(31)33-6-3/h19-20H,4-18H2,1-3H3,(H,28,29). The number of hydrogen-bond donors (Lipinski definition) is 1. The molecule has 8 nitrogen and oxygen atoms in total. The van der Waals surface area contributed by atoms with Crippen molar-refractivity contribution in [2.45, 2.75) is 116 Å². The maximum Gasteiger partial charge on any atom is 0.352 e. The normalized spacial score (nSPS) is 16.5. The van der Waals surface area contributed by atoms with E-state index in [2.05, 4.69) is 6.92 Å². The Kier molecular flexibility index (Phi) is 13.7. The highest BCUT2D eigenvalue weighted by molar-refractivity contribution is 7.16. The number of aliphatic carboxylic acids is 1. The van der Waals surface area contributed by atoms with Gasteiger partial charge in [-0.15, -0.1) is 11.3 Å². The van der Waals surface area contributed by atoms with Crippen LogP contribution in [0.1, 0.15) is 124 Å². The van der Waals surface area contributed by atoms with E-state index >= 15 is 0 Å². The fourth-order valence-corrected chi connectivity index (χ4v) is 5.28. The first-order valence-electron chi connectivity index (χ1n) is 13.5. The summed E-state index contributed by atoms with van der Waals surface area (Å²) < 4.78 is 23.2. The third-order valence-electron chi connectivity index (χ3n) is 6.17. The van der Waals surface area contributed by atoms with Crippen molar-refractivity contribution in [2.24, 2.45) is 0 Å². The van der Waals surface area contributed by atoms with Gasteiger partial charge in [0, 0.05) is 6.42 Å². The van der Waals surface area contributed by atoms with Crippen LogP contribution in [-0.2, 0) is 14.3 Å². The van der Waals surface area contributed by atoms with Crippen LogP contribution in [0.15, 0.2) is 0 Å². The lowest BCUT2D eigenvalue weighted by atomic mass is 9.98. The number of rotatable bonds is 18. The largest absolute Gasteiger partial charge is 0.481 e. The Morgan fingerprint density at radius 2 is 1.17 bits per heavy atom. The SMILES string of the molecule is CCCCCCCCC1Oc2c(C(=O)OCC)sc(C(=O)OCC)c2OC1CCCCCCC(=O)O. The molecule has 0 amide bonds. The zero-order valence-electron chi connectivity index (χ0n) is 22.0. The Morgan fingerprint density at radius 3 is 1.61 bits per heavy atom. The maximum absolute atomic E-state index is 12.6. The molecule has 36 heavy (non-hydrogen) atoms. The highest BCUT2D eigenvalue weighted by Gasteiger charge is 2.39. The Hall–Kier alpha value is -2.29. The van der Waals surface area contributed by atoms with Gasteiger partial charge in [0.1, 0.15) is 12.2 Å². The molecule has 9 heteroatoms. The van der Waals surface area contributed by atoms with Crippen molar-refractivity contribution in [1.29, 1.82) is 0 Å². The van der Waals surface area contributed by atoms with Crippen LogP contribution < -0.4 is 9.47 Å². The van der Waals surface area contributed by atoms with Crippen LogP contribution in [0.3, 0.4) is 0 Å². The molecule has 204 valence electrons. The first-order valence-corrected chi connectivity index (χ1v) is 14.3. The lowest BCUT2D eigenvalue weighted by Gasteiger charge is -2.33. The number of hydrogen-bond acceptors (Lipinski definition) is 8. The first kappa shape index (κ1) is 29.9. The molecule has 1 aliphatic rings. The van der Waals surface area contributed by atoms with Crippen LogP contribution in [0.5, 0.6) is 11.5 Å². The molecular formula is C27H42O8S. The van der Waals surface area contributed by atoms with Crippen LogP contribution in [0, 0.1) is 0 Å². The number of carbonyl (C=O) groups excluding carboxylic acids is 2. The molecule has 0 saturated carbocycles. The van der Waals surface area contributed by atoms with Gasteiger partial charge >= 0.3 is 17.9 Å². The highest BCUT2D eigenvalue weighted by atomic mass is 32.1. The predicted molar refractivity (Wildman–Crippen MR) is 138 cm³/mol. The zero-order valence-corrected chi connectivity index (χ0v) is 22.8. The summed E-state index contributed by atoms with van der Waals surface area (Å²) in [6.45, 7) is 6.08. The molecule has 2 atom stereocenters. The second-order valence-electron chi connectivity index (χ2n) is 9.08.